The van der Waals surface area contributed by atoms with E-state index in [-0.39, 0.29) is 0 Å². The molecule has 1 saturated carbocycles. The van der Waals surface area contributed by atoms with Crippen molar-refractivity contribution in [3.05, 3.63) is 35.4 Å². The van der Waals surface area contributed by atoms with E-state index in [0.717, 1.165) is 10.7 Å². The topological polar surface area (TPSA) is 0 Å². The minimum absolute atomic E-state index is 0.739. The van der Waals surface area contributed by atoms with E-state index in [1.54, 1.807) is 0 Å². The van der Waals surface area contributed by atoms with Crippen molar-refractivity contribution in [2.75, 3.05) is 0 Å². The van der Waals surface area contributed by atoms with Crippen molar-refractivity contribution in [2.24, 2.45) is 0 Å². The summed E-state index contributed by atoms with van der Waals surface area (Å²) in [5.41, 5.74) is 2.95. The molecule has 2 rings (SSSR count). The first-order valence-corrected chi connectivity index (χ1v) is 4.90. The number of halogens is 1. The second-order valence-electron chi connectivity index (χ2n) is 3.21. The normalized spacial score (nSPS) is 28.5. The molecule has 2 atom stereocenters. The minimum Gasteiger partial charge on any atom is -0.0884 e. The highest BCUT2D eigenvalue weighted by atomic mass is 79.9. The molecule has 1 aromatic rings. The summed E-state index contributed by atoms with van der Waals surface area (Å²) in [7, 11) is 0. The van der Waals surface area contributed by atoms with Crippen molar-refractivity contribution in [3.8, 4) is 0 Å². The van der Waals surface area contributed by atoms with Crippen molar-refractivity contribution in [2.45, 2.75) is 24.1 Å². The van der Waals surface area contributed by atoms with Gasteiger partial charge >= 0.3 is 0 Å². The third kappa shape index (κ3) is 1.34. The van der Waals surface area contributed by atoms with E-state index in [1.807, 2.05) is 0 Å². The van der Waals surface area contributed by atoms with Gasteiger partial charge in [0.1, 0.15) is 0 Å². The van der Waals surface area contributed by atoms with Gasteiger partial charge in [-0.25, -0.2) is 0 Å². The number of aryl methyl sites for hydroxylation is 1. The molecule has 0 aliphatic heterocycles. The zero-order valence-corrected chi connectivity index (χ0v) is 8.14. The van der Waals surface area contributed by atoms with Gasteiger partial charge in [-0.15, -0.1) is 0 Å². The lowest BCUT2D eigenvalue weighted by molar-refractivity contribution is 1.11. The summed E-state index contributed by atoms with van der Waals surface area (Å²) in [6, 6.07) is 8.65. The largest absolute Gasteiger partial charge is 0.0884 e. The van der Waals surface area contributed by atoms with E-state index in [4.69, 9.17) is 0 Å². The van der Waals surface area contributed by atoms with Crippen LogP contribution in [0.15, 0.2) is 24.3 Å². The fraction of sp³-hybridized carbons (Fsp3) is 0.400. The van der Waals surface area contributed by atoms with E-state index < -0.39 is 0 Å². The molecule has 0 aromatic heterocycles. The van der Waals surface area contributed by atoms with Crippen molar-refractivity contribution in [3.63, 3.8) is 0 Å². The van der Waals surface area contributed by atoms with Gasteiger partial charge < -0.3 is 0 Å². The second kappa shape index (κ2) is 2.63. The van der Waals surface area contributed by atoms with Crippen LogP contribution in [0.25, 0.3) is 0 Å². The molecule has 0 amide bonds. The molecule has 1 heteroatoms. The van der Waals surface area contributed by atoms with Gasteiger partial charge in [-0.2, -0.15) is 0 Å². The number of alkyl halides is 1. The highest BCUT2D eigenvalue weighted by Gasteiger charge is 2.36. The van der Waals surface area contributed by atoms with Crippen LogP contribution in [-0.4, -0.2) is 4.83 Å². The summed E-state index contributed by atoms with van der Waals surface area (Å²) in [4.78, 5) is 0.739. The van der Waals surface area contributed by atoms with Crippen LogP contribution in [0.4, 0.5) is 0 Å². The molecule has 0 nitrogen and oxygen atoms in total. The maximum atomic E-state index is 3.62. The molecule has 0 spiro atoms. The molecule has 0 unspecified atom stereocenters. The Balaban J connectivity index is 2.31. The zero-order valence-electron chi connectivity index (χ0n) is 6.55. The standard InChI is InChI=1S/C10H11Br/c1-7-4-2-3-5-8(7)9-6-10(9)11/h2-5,9-10H,6H2,1H3/t9-,10-/m0/s1. The van der Waals surface area contributed by atoms with Crippen LogP contribution in [0.3, 0.4) is 0 Å². The lowest BCUT2D eigenvalue weighted by Crippen LogP contribution is -1.85. The molecule has 0 radical (unpaired) electrons. The van der Waals surface area contributed by atoms with E-state index in [2.05, 4.69) is 47.1 Å². The number of rotatable bonds is 1. The zero-order chi connectivity index (χ0) is 7.84. The van der Waals surface area contributed by atoms with Gasteiger partial charge in [-0.1, -0.05) is 40.2 Å². The smallest absolute Gasteiger partial charge is 0.0221 e. The highest BCUT2D eigenvalue weighted by Crippen LogP contribution is 2.47. The predicted octanol–water partition coefficient (Wildman–Crippen LogP) is 3.25. The monoisotopic (exact) mass is 210 g/mol. The van der Waals surface area contributed by atoms with Crippen LogP contribution in [0.1, 0.15) is 23.5 Å². The Morgan fingerprint density at radius 1 is 1.36 bits per heavy atom. The van der Waals surface area contributed by atoms with Crippen LogP contribution < -0.4 is 0 Å². The first-order valence-electron chi connectivity index (χ1n) is 3.98. The third-order valence-corrected chi connectivity index (χ3v) is 3.31. The summed E-state index contributed by atoms with van der Waals surface area (Å²) in [5, 5.41) is 0. The summed E-state index contributed by atoms with van der Waals surface area (Å²) in [5.74, 6) is 0.788. The number of hydrogen-bond donors (Lipinski definition) is 0. The predicted molar refractivity (Wildman–Crippen MR) is 51.3 cm³/mol. The Bertz CT molecular complexity index is 267. The Morgan fingerprint density at radius 3 is 2.55 bits per heavy atom. The fourth-order valence-electron chi connectivity index (χ4n) is 1.49. The average molecular weight is 211 g/mol. The number of benzene rings is 1. The maximum absolute atomic E-state index is 3.62. The van der Waals surface area contributed by atoms with Crippen LogP contribution in [0.5, 0.6) is 0 Å². The SMILES string of the molecule is Cc1ccccc1[C@@H]1C[C@@H]1Br. The molecule has 0 N–H and O–H groups in total. The van der Waals surface area contributed by atoms with Crippen LogP contribution in [-0.2, 0) is 0 Å². The lowest BCUT2D eigenvalue weighted by atomic mass is 10.1. The highest BCUT2D eigenvalue weighted by molar-refractivity contribution is 9.09. The first kappa shape index (κ1) is 7.35. The quantitative estimate of drug-likeness (QED) is 0.625. The molecule has 1 aromatic carbocycles. The van der Waals surface area contributed by atoms with Crippen LogP contribution in [0, 0.1) is 6.92 Å². The summed E-state index contributed by atoms with van der Waals surface area (Å²) < 4.78 is 0. The van der Waals surface area contributed by atoms with Crippen molar-refractivity contribution in [1.29, 1.82) is 0 Å². The molecule has 58 valence electrons. The lowest BCUT2D eigenvalue weighted by Gasteiger charge is -2.01. The molecule has 1 aliphatic carbocycles. The molecule has 0 heterocycles. The van der Waals surface area contributed by atoms with Crippen LogP contribution >= 0.6 is 15.9 Å². The van der Waals surface area contributed by atoms with Crippen molar-refractivity contribution in [1.82, 2.24) is 0 Å². The first-order chi connectivity index (χ1) is 5.29. The molecule has 0 saturated heterocycles. The maximum Gasteiger partial charge on any atom is 0.0221 e. The molecule has 0 bridgehead atoms. The van der Waals surface area contributed by atoms with Crippen molar-refractivity contribution >= 4 is 15.9 Å². The van der Waals surface area contributed by atoms with E-state index in [9.17, 15) is 0 Å². The fourth-order valence-corrected chi connectivity index (χ4v) is 2.18. The molecule has 1 fully saturated rings. The molecule has 1 aliphatic rings. The van der Waals surface area contributed by atoms with Gasteiger partial charge in [-0.3, -0.25) is 0 Å². The number of hydrogen-bond acceptors (Lipinski definition) is 0. The van der Waals surface area contributed by atoms with E-state index >= 15 is 0 Å². The third-order valence-electron chi connectivity index (χ3n) is 2.30. The molecule has 11 heavy (non-hydrogen) atoms. The molecular formula is C10H11Br. The van der Waals surface area contributed by atoms with Crippen molar-refractivity contribution < 1.29 is 0 Å². The van der Waals surface area contributed by atoms with Gasteiger partial charge in [0.15, 0.2) is 0 Å². The van der Waals surface area contributed by atoms with Gasteiger partial charge in [-0.05, 0) is 30.4 Å². The van der Waals surface area contributed by atoms with E-state index in [0.29, 0.717) is 0 Å². The van der Waals surface area contributed by atoms with Gasteiger partial charge in [0, 0.05) is 4.83 Å². The Morgan fingerprint density at radius 2 is 2.00 bits per heavy atom. The summed E-state index contributed by atoms with van der Waals surface area (Å²) in [6.45, 7) is 2.19. The summed E-state index contributed by atoms with van der Waals surface area (Å²) in [6.07, 6.45) is 1.31. The Labute approximate surface area is 75.8 Å². The average Bonchev–Trinajstić information content (AvgIpc) is 2.68. The van der Waals surface area contributed by atoms with Gasteiger partial charge in [0.05, 0.1) is 0 Å². The van der Waals surface area contributed by atoms with Crippen LogP contribution in [0.2, 0.25) is 0 Å². The Hall–Kier alpha value is -0.300. The van der Waals surface area contributed by atoms with Gasteiger partial charge in [0.25, 0.3) is 0 Å². The molecular weight excluding hydrogens is 200 g/mol. The summed E-state index contributed by atoms with van der Waals surface area (Å²) >= 11 is 3.62. The minimum atomic E-state index is 0.739. The second-order valence-corrected chi connectivity index (χ2v) is 4.39. The van der Waals surface area contributed by atoms with E-state index in [1.165, 1.54) is 17.5 Å². The Kier molecular flexibility index (Phi) is 1.76. The van der Waals surface area contributed by atoms with Gasteiger partial charge in [0.2, 0.25) is 0 Å².